The Labute approximate surface area is 145 Å². The van der Waals surface area contributed by atoms with Crippen molar-refractivity contribution in [3.8, 4) is 11.1 Å². The molecule has 25 heavy (non-hydrogen) atoms. The Morgan fingerprint density at radius 3 is 1.92 bits per heavy atom. The van der Waals surface area contributed by atoms with Gasteiger partial charge in [0.1, 0.15) is 11.0 Å². The molecule has 0 fully saturated rings. The van der Waals surface area contributed by atoms with Crippen molar-refractivity contribution in [2.75, 3.05) is 0 Å². The first-order chi connectivity index (χ1) is 12.3. The minimum absolute atomic E-state index is 0.0981. The van der Waals surface area contributed by atoms with Crippen molar-refractivity contribution in [1.29, 1.82) is 0 Å². The van der Waals surface area contributed by atoms with Gasteiger partial charge in [0.2, 0.25) is 0 Å². The van der Waals surface area contributed by atoms with Gasteiger partial charge < -0.3 is 0 Å². The van der Waals surface area contributed by atoms with Gasteiger partial charge in [0.25, 0.3) is 0 Å². The number of Topliss-reactive ketones (excluding diaryl/α,β-unsaturated/α-hetero) is 1. The number of hydrogen-bond acceptors (Lipinski definition) is 3. The Bertz CT molecular complexity index is 971. The zero-order valence-corrected chi connectivity index (χ0v) is 13.7. The molecule has 4 aromatic rings. The van der Waals surface area contributed by atoms with Crippen molar-refractivity contribution in [3.05, 3.63) is 84.4 Å². The van der Waals surface area contributed by atoms with Gasteiger partial charge >= 0.3 is 0 Å². The molecule has 4 heteroatoms. The van der Waals surface area contributed by atoms with Crippen LogP contribution in [-0.2, 0) is 6.54 Å². The smallest absolute Gasteiger partial charge is 0.164 e. The first-order valence-corrected chi connectivity index (χ1v) is 8.28. The summed E-state index contributed by atoms with van der Waals surface area (Å²) in [5.74, 6) is 0.0981. The Morgan fingerprint density at radius 2 is 1.28 bits per heavy atom. The van der Waals surface area contributed by atoms with Crippen LogP contribution >= 0.6 is 0 Å². The molecule has 0 aliphatic carbocycles. The van der Waals surface area contributed by atoms with Gasteiger partial charge in [0, 0.05) is 12.0 Å². The maximum atomic E-state index is 12.4. The summed E-state index contributed by atoms with van der Waals surface area (Å²) < 4.78 is 0. The second kappa shape index (κ2) is 6.69. The van der Waals surface area contributed by atoms with Crippen LogP contribution in [-0.4, -0.2) is 20.8 Å². The van der Waals surface area contributed by atoms with E-state index in [-0.39, 0.29) is 5.78 Å². The third-order valence-electron chi connectivity index (χ3n) is 4.18. The molecule has 0 bridgehead atoms. The van der Waals surface area contributed by atoms with Crippen LogP contribution in [0.2, 0.25) is 0 Å². The normalized spacial score (nSPS) is 10.9. The van der Waals surface area contributed by atoms with E-state index in [4.69, 9.17) is 0 Å². The van der Waals surface area contributed by atoms with Crippen LogP contribution in [0.4, 0.5) is 0 Å². The molecule has 4 rings (SSSR count). The van der Waals surface area contributed by atoms with E-state index in [1.54, 1.807) is 4.80 Å². The number of carbonyl (C=O) groups is 1. The van der Waals surface area contributed by atoms with Crippen LogP contribution in [0.25, 0.3) is 22.2 Å². The molecule has 3 aromatic carbocycles. The predicted molar refractivity (Wildman–Crippen MR) is 98.4 cm³/mol. The largest absolute Gasteiger partial charge is 0.294 e. The van der Waals surface area contributed by atoms with E-state index in [1.807, 2.05) is 66.7 Å². The van der Waals surface area contributed by atoms with E-state index in [0.29, 0.717) is 13.0 Å². The first-order valence-electron chi connectivity index (χ1n) is 8.28. The lowest BCUT2D eigenvalue weighted by molar-refractivity contribution is 0.0974. The number of benzene rings is 3. The molecule has 0 saturated heterocycles. The second-order valence-electron chi connectivity index (χ2n) is 5.90. The molecular weight excluding hydrogens is 310 g/mol. The first kappa shape index (κ1) is 15.3. The molecule has 0 radical (unpaired) electrons. The number of carbonyl (C=O) groups excluding carboxylic acids is 1. The summed E-state index contributed by atoms with van der Waals surface area (Å²) in [6.07, 6.45) is 0.381. The molecule has 4 nitrogen and oxygen atoms in total. The van der Waals surface area contributed by atoms with Crippen LogP contribution in [0, 0.1) is 0 Å². The van der Waals surface area contributed by atoms with Gasteiger partial charge in [-0.05, 0) is 23.3 Å². The van der Waals surface area contributed by atoms with Crippen molar-refractivity contribution in [2.24, 2.45) is 0 Å². The fourth-order valence-corrected chi connectivity index (χ4v) is 2.83. The van der Waals surface area contributed by atoms with Gasteiger partial charge in [-0.25, -0.2) is 0 Å². The Balaban J connectivity index is 1.44. The number of rotatable bonds is 5. The van der Waals surface area contributed by atoms with Crippen LogP contribution < -0.4 is 0 Å². The molecule has 1 aromatic heterocycles. The van der Waals surface area contributed by atoms with Gasteiger partial charge in [-0.2, -0.15) is 15.0 Å². The second-order valence-corrected chi connectivity index (χ2v) is 5.90. The lowest BCUT2D eigenvalue weighted by Crippen LogP contribution is -2.08. The average Bonchev–Trinajstić information content (AvgIpc) is 3.10. The molecule has 0 aliphatic rings. The van der Waals surface area contributed by atoms with Crippen LogP contribution in [0.5, 0.6) is 0 Å². The fourth-order valence-electron chi connectivity index (χ4n) is 2.83. The van der Waals surface area contributed by atoms with Crippen LogP contribution in [0.15, 0.2) is 78.9 Å². The summed E-state index contributed by atoms with van der Waals surface area (Å²) in [6, 6.07) is 25.6. The Hall–Kier alpha value is -3.27. The van der Waals surface area contributed by atoms with Crippen molar-refractivity contribution in [1.82, 2.24) is 15.0 Å². The molecule has 122 valence electrons. The third-order valence-corrected chi connectivity index (χ3v) is 4.18. The SMILES string of the molecule is O=C(CCn1nc2ccccc2n1)c1ccc(-c2ccccc2)cc1. The molecular formula is C21H17N3O. The summed E-state index contributed by atoms with van der Waals surface area (Å²) in [4.78, 5) is 14.0. The molecule has 0 saturated carbocycles. The van der Waals surface area contributed by atoms with Crippen LogP contribution in [0.1, 0.15) is 16.8 Å². The molecule has 0 aliphatic heterocycles. The molecule has 0 spiro atoms. The van der Waals surface area contributed by atoms with Crippen molar-refractivity contribution < 1.29 is 4.79 Å². The molecule has 0 atom stereocenters. The van der Waals surface area contributed by atoms with E-state index in [2.05, 4.69) is 22.3 Å². The molecule has 0 unspecified atom stereocenters. The zero-order chi connectivity index (χ0) is 17.1. The number of aromatic nitrogens is 3. The Kier molecular flexibility index (Phi) is 4.09. The Morgan fingerprint density at radius 1 is 0.720 bits per heavy atom. The van der Waals surface area contributed by atoms with E-state index in [0.717, 1.165) is 27.7 Å². The number of hydrogen-bond donors (Lipinski definition) is 0. The van der Waals surface area contributed by atoms with Gasteiger partial charge in [-0.3, -0.25) is 4.79 Å². The standard InChI is InChI=1S/C21H17N3O/c25-21(14-15-24-22-19-8-4-5-9-20(19)23-24)18-12-10-17(11-13-18)16-6-2-1-3-7-16/h1-13H,14-15H2. The summed E-state index contributed by atoms with van der Waals surface area (Å²) >= 11 is 0. The van der Waals surface area contributed by atoms with Crippen molar-refractivity contribution in [3.63, 3.8) is 0 Å². The number of ketones is 1. The maximum Gasteiger partial charge on any atom is 0.164 e. The van der Waals surface area contributed by atoms with E-state index >= 15 is 0 Å². The minimum atomic E-state index is 0.0981. The quantitative estimate of drug-likeness (QED) is 0.511. The highest BCUT2D eigenvalue weighted by Crippen LogP contribution is 2.19. The third kappa shape index (κ3) is 3.33. The molecule has 0 amide bonds. The number of aryl methyl sites for hydroxylation is 1. The molecule has 1 heterocycles. The highest BCUT2D eigenvalue weighted by Gasteiger charge is 2.08. The summed E-state index contributed by atoms with van der Waals surface area (Å²) in [7, 11) is 0. The van der Waals surface area contributed by atoms with E-state index in [1.165, 1.54) is 0 Å². The van der Waals surface area contributed by atoms with Gasteiger partial charge in [-0.1, -0.05) is 66.7 Å². The number of fused-ring (bicyclic) bond motifs is 1. The molecule has 0 N–H and O–H groups in total. The average molecular weight is 327 g/mol. The zero-order valence-electron chi connectivity index (χ0n) is 13.7. The van der Waals surface area contributed by atoms with Gasteiger partial charge in [0.15, 0.2) is 5.78 Å². The number of nitrogens with zero attached hydrogens (tertiary/aromatic N) is 3. The minimum Gasteiger partial charge on any atom is -0.294 e. The van der Waals surface area contributed by atoms with Gasteiger partial charge in [0.05, 0.1) is 6.54 Å². The predicted octanol–water partition coefficient (Wildman–Crippen LogP) is 4.37. The fraction of sp³-hybridized carbons (Fsp3) is 0.0952. The van der Waals surface area contributed by atoms with E-state index < -0.39 is 0 Å². The lowest BCUT2D eigenvalue weighted by atomic mass is 10.0. The topological polar surface area (TPSA) is 47.8 Å². The van der Waals surface area contributed by atoms with Crippen molar-refractivity contribution in [2.45, 2.75) is 13.0 Å². The van der Waals surface area contributed by atoms with Crippen molar-refractivity contribution >= 4 is 16.8 Å². The summed E-state index contributed by atoms with van der Waals surface area (Å²) in [5, 5.41) is 8.77. The lowest BCUT2D eigenvalue weighted by Gasteiger charge is -2.04. The highest BCUT2D eigenvalue weighted by atomic mass is 16.1. The summed E-state index contributed by atoms with van der Waals surface area (Å²) in [6.45, 7) is 0.480. The highest BCUT2D eigenvalue weighted by molar-refractivity contribution is 5.96. The maximum absolute atomic E-state index is 12.4. The van der Waals surface area contributed by atoms with Gasteiger partial charge in [-0.15, -0.1) is 0 Å². The van der Waals surface area contributed by atoms with E-state index in [9.17, 15) is 4.79 Å². The monoisotopic (exact) mass is 327 g/mol. The summed E-state index contributed by atoms with van der Waals surface area (Å²) in [5.41, 5.74) is 4.67. The van der Waals surface area contributed by atoms with Crippen LogP contribution in [0.3, 0.4) is 0 Å².